The maximum absolute atomic E-state index is 13.3. The minimum atomic E-state index is -1.02. The molecule has 7 nitrogen and oxygen atoms in total. The van der Waals surface area contributed by atoms with Crippen molar-refractivity contribution in [1.29, 1.82) is 0 Å². The lowest BCUT2D eigenvalue weighted by molar-refractivity contribution is -0.155. The summed E-state index contributed by atoms with van der Waals surface area (Å²) in [5.41, 5.74) is 0.518. The standard InChI is InChI=1S/C22H25N3O4/c26-20(17-10-5-7-14-6-1-3-9-16(14)17)24-18-11-4-2-8-15-12-23-13-19(22(28)29)25(15)21(18)27/h1,3,5-7,9-10,15,18-19,23H,2,4,8,11-13H2,(H,24,26)(H,28,29)/t15-,18-,19-/m0/s1. The smallest absolute Gasteiger partial charge is 0.327 e. The summed E-state index contributed by atoms with van der Waals surface area (Å²) < 4.78 is 0. The number of piperazine rings is 1. The average Bonchev–Trinajstić information content (AvgIpc) is 2.73. The molecule has 0 aromatic heterocycles. The second-order valence-electron chi connectivity index (χ2n) is 7.75. The Labute approximate surface area is 169 Å². The highest BCUT2D eigenvalue weighted by Crippen LogP contribution is 2.24. The van der Waals surface area contributed by atoms with Gasteiger partial charge in [0.25, 0.3) is 5.91 Å². The van der Waals surface area contributed by atoms with E-state index in [1.807, 2.05) is 36.4 Å². The van der Waals surface area contributed by atoms with E-state index < -0.39 is 18.1 Å². The van der Waals surface area contributed by atoms with Crippen LogP contribution in [0.3, 0.4) is 0 Å². The van der Waals surface area contributed by atoms with Crippen LogP contribution in [-0.2, 0) is 9.59 Å². The number of carbonyl (C=O) groups excluding carboxylic acids is 2. The summed E-state index contributed by atoms with van der Waals surface area (Å²) in [5.74, 6) is -1.62. The number of carboxylic acid groups (broad SMARTS) is 1. The summed E-state index contributed by atoms with van der Waals surface area (Å²) in [6.07, 6.45) is 2.99. The molecule has 7 heteroatoms. The monoisotopic (exact) mass is 395 g/mol. The Hall–Kier alpha value is -2.93. The third kappa shape index (κ3) is 3.82. The van der Waals surface area contributed by atoms with E-state index in [0.29, 0.717) is 18.5 Å². The molecule has 0 saturated carbocycles. The molecule has 2 saturated heterocycles. The molecule has 3 N–H and O–H groups in total. The third-order valence-corrected chi connectivity index (χ3v) is 5.90. The van der Waals surface area contributed by atoms with E-state index >= 15 is 0 Å². The lowest BCUT2D eigenvalue weighted by Gasteiger charge is -2.43. The summed E-state index contributed by atoms with van der Waals surface area (Å²) in [4.78, 5) is 39.6. The largest absolute Gasteiger partial charge is 0.480 e. The van der Waals surface area contributed by atoms with Gasteiger partial charge in [0.1, 0.15) is 12.1 Å². The van der Waals surface area contributed by atoms with Crippen LogP contribution < -0.4 is 10.6 Å². The topological polar surface area (TPSA) is 98.7 Å². The minimum absolute atomic E-state index is 0.158. The van der Waals surface area contributed by atoms with E-state index in [4.69, 9.17) is 0 Å². The summed E-state index contributed by atoms with van der Waals surface area (Å²) in [7, 11) is 0. The zero-order valence-corrected chi connectivity index (χ0v) is 16.1. The van der Waals surface area contributed by atoms with Gasteiger partial charge in [-0.05, 0) is 29.7 Å². The number of benzene rings is 2. The molecular weight excluding hydrogens is 370 g/mol. The summed E-state index contributed by atoms with van der Waals surface area (Å²) in [6.45, 7) is 0.807. The van der Waals surface area contributed by atoms with Gasteiger partial charge in [0.2, 0.25) is 5.91 Å². The maximum atomic E-state index is 13.3. The number of fused-ring (bicyclic) bond motifs is 2. The first-order chi connectivity index (χ1) is 14.1. The highest BCUT2D eigenvalue weighted by molar-refractivity contribution is 6.08. The number of nitrogens with zero attached hydrogens (tertiary/aromatic N) is 1. The Morgan fingerprint density at radius 2 is 1.79 bits per heavy atom. The molecule has 152 valence electrons. The zero-order chi connectivity index (χ0) is 20.4. The Kier molecular flexibility index (Phi) is 5.49. The molecule has 2 aliphatic heterocycles. The Morgan fingerprint density at radius 1 is 1.03 bits per heavy atom. The van der Waals surface area contributed by atoms with Gasteiger partial charge in [-0.2, -0.15) is 0 Å². The molecule has 0 bridgehead atoms. The average molecular weight is 395 g/mol. The molecule has 0 spiro atoms. The first-order valence-electron chi connectivity index (χ1n) is 10.1. The van der Waals surface area contributed by atoms with Crippen LogP contribution >= 0.6 is 0 Å². The first-order valence-corrected chi connectivity index (χ1v) is 10.1. The molecule has 0 aliphatic carbocycles. The second-order valence-corrected chi connectivity index (χ2v) is 7.75. The van der Waals surface area contributed by atoms with Gasteiger partial charge in [-0.3, -0.25) is 9.59 Å². The SMILES string of the molecule is O=C(N[C@H]1CCCC[C@H]2CNC[C@@H](C(=O)O)N2C1=O)c1cccc2ccccc12. The van der Waals surface area contributed by atoms with Crippen molar-refractivity contribution in [2.75, 3.05) is 13.1 Å². The molecule has 2 fully saturated rings. The maximum Gasteiger partial charge on any atom is 0.327 e. The number of rotatable bonds is 3. The van der Waals surface area contributed by atoms with Crippen molar-refractivity contribution in [2.45, 2.75) is 43.8 Å². The van der Waals surface area contributed by atoms with E-state index in [-0.39, 0.29) is 24.4 Å². The van der Waals surface area contributed by atoms with E-state index in [0.717, 1.165) is 30.0 Å². The summed E-state index contributed by atoms with van der Waals surface area (Å²) >= 11 is 0. The Bertz CT molecular complexity index is 939. The number of carboxylic acids is 1. The van der Waals surface area contributed by atoms with Crippen LogP contribution in [0.15, 0.2) is 42.5 Å². The molecule has 3 atom stereocenters. The lowest BCUT2D eigenvalue weighted by atomic mass is 9.94. The van der Waals surface area contributed by atoms with Gasteiger partial charge < -0.3 is 20.6 Å². The number of amides is 2. The predicted molar refractivity (Wildman–Crippen MR) is 109 cm³/mol. The fraction of sp³-hybridized carbons (Fsp3) is 0.409. The molecule has 2 amide bonds. The van der Waals surface area contributed by atoms with Crippen LogP contribution in [0.25, 0.3) is 10.8 Å². The van der Waals surface area contributed by atoms with Crippen LogP contribution in [0, 0.1) is 0 Å². The van der Waals surface area contributed by atoms with Crippen molar-refractivity contribution in [2.24, 2.45) is 0 Å². The molecule has 2 aromatic carbocycles. The van der Waals surface area contributed by atoms with Crippen molar-refractivity contribution >= 4 is 28.6 Å². The first kappa shape index (κ1) is 19.4. The van der Waals surface area contributed by atoms with Gasteiger partial charge in [0.05, 0.1) is 0 Å². The van der Waals surface area contributed by atoms with Crippen LogP contribution in [0.4, 0.5) is 0 Å². The van der Waals surface area contributed by atoms with E-state index in [2.05, 4.69) is 10.6 Å². The minimum Gasteiger partial charge on any atom is -0.480 e. The molecule has 2 aliphatic rings. The summed E-state index contributed by atoms with van der Waals surface area (Å²) in [5, 5.41) is 17.4. The van der Waals surface area contributed by atoms with Crippen LogP contribution in [-0.4, -0.2) is 59.0 Å². The number of hydrogen-bond donors (Lipinski definition) is 3. The van der Waals surface area contributed by atoms with Gasteiger partial charge in [-0.25, -0.2) is 4.79 Å². The van der Waals surface area contributed by atoms with E-state index in [1.54, 1.807) is 6.07 Å². The molecule has 2 aromatic rings. The zero-order valence-electron chi connectivity index (χ0n) is 16.1. The Balaban J connectivity index is 1.60. The molecule has 0 radical (unpaired) electrons. The predicted octanol–water partition coefficient (Wildman–Crippen LogP) is 1.77. The molecule has 2 heterocycles. The highest BCUT2D eigenvalue weighted by atomic mass is 16.4. The normalized spacial score (nSPS) is 25.0. The van der Waals surface area contributed by atoms with Gasteiger partial charge in [0.15, 0.2) is 0 Å². The summed E-state index contributed by atoms with van der Waals surface area (Å²) in [6, 6.07) is 11.3. The van der Waals surface area contributed by atoms with Crippen molar-refractivity contribution in [1.82, 2.24) is 15.5 Å². The van der Waals surface area contributed by atoms with Gasteiger partial charge in [-0.1, -0.05) is 49.2 Å². The van der Waals surface area contributed by atoms with Crippen LogP contribution in [0.1, 0.15) is 36.0 Å². The van der Waals surface area contributed by atoms with Gasteiger partial charge in [0, 0.05) is 24.7 Å². The van der Waals surface area contributed by atoms with Crippen molar-refractivity contribution in [3.05, 3.63) is 48.0 Å². The number of hydrogen-bond acceptors (Lipinski definition) is 4. The molecule has 4 rings (SSSR count). The van der Waals surface area contributed by atoms with Gasteiger partial charge in [-0.15, -0.1) is 0 Å². The van der Waals surface area contributed by atoms with Gasteiger partial charge >= 0.3 is 5.97 Å². The molecule has 0 unspecified atom stereocenters. The van der Waals surface area contributed by atoms with Crippen LogP contribution in [0.2, 0.25) is 0 Å². The van der Waals surface area contributed by atoms with E-state index in [9.17, 15) is 19.5 Å². The third-order valence-electron chi connectivity index (χ3n) is 5.90. The fourth-order valence-electron chi connectivity index (χ4n) is 4.44. The number of aliphatic carboxylic acids is 1. The fourth-order valence-corrected chi connectivity index (χ4v) is 4.44. The Morgan fingerprint density at radius 3 is 2.62 bits per heavy atom. The quantitative estimate of drug-likeness (QED) is 0.736. The molecular formula is C22H25N3O4. The van der Waals surface area contributed by atoms with Crippen molar-refractivity contribution in [3.63, 3.8) is 0 Å². The lowest BCUT2D eigenvalue weighted by Crippen LogP contribution is -2.65. The van der Waals surface area contributed by atoms with Crippen LogP contribution in [0.5, 0.6) is 0 Å². The van der Waals surface area contributed by atoms with E-state index in [1.165, 1.54) is 4.90 Å². The second kappa shape index (κ2) is 8.21. The van der Waals surface area contributed by atoms with Crippen molar-refractivity contribution < 1.29 is 19.5 Å². The number of nitrogens with one attached hydrogen (secondary N) is 2. The highest BCUT2D eigenvalue weighted by Gasteiger charge is 2.41. The number of carbonyl (C=O) groups is 3. The van der Waals surface area contributed by atoms with Crippen molar-refractivity contribution in [3.8, 4) is 0 Å². The molecule has 29 heavy (non-hydrogen) atoms.